The number of pyridine rings is 1. The fraction of sp³-hybridized carbons (Fsp3) is 0.696. The summed E-state index contributed by atoms with van der Waals surface area (Å²) in [6.07, 6.45) is 10.6. The van der Waals surface area contributed by atoms with Crippen molar-refractivity contribution in [2.24, 2.45) is 0 Å². The van der Waals surface area contributed by atoms with E-state index in [1.807, 2.05) is 13.8 Å². The first kappa shape index (κ1) is 22.5. The monoisotopic (exact) mass is 416 g/mol. The molecule has 1 saturated carbocycles. The highest BCUT2D eigenvalue weighted by Crippen LogP contribution is 2.25. The summed E-state index contributed by atoms with van der Waals surface area (Å²) < 4.78 is 5.00. The van der Waals surface area contributed by atoms with Gasteiger partial charge < -0.3 is 20.3 Å². The molecule has 1 saturated heterocycles. The zero-order valence-electron chi connectivity index (χ0n) is 18.6. The summed E-state index contributed by atoms with van der Waals surface area (Å²) in [6, 6.07) is 3.02. The Bertz CT molecular complexity index is 723. The molecule has 2 aliphatic rings. The molecule has 7 heteroatoms. The van der Waals surface area contributed by atoms with Gasteiger partial charge in [0.2, 0.25) is 5.91 Å². The molecule has 0 aromatic carbocycles. The number of nitrogens with one attached hydrogen (secondary N) is 2. The van der Waals surface area contributed by atoms with E-state index in [0.29, 0.717) is 29.0 Å². The minimum Gasteiger partial charge on any atom is -0.465 e. The summed E-state index contributed by atoms with van der Waals surface area (Å²) in [4.78, 5) is 31.2. The number of esters is 1. The van der Waals surface area contributed by atoms with Gasteiger partial charge in [-0.25, -0.2) is 9.78 Å². The molecule has 1 aromatic heterocycles. The number of piperidine rings is 1. The summed E-state index contributed by atoms with van der Waals surface area (Å²) >= 11 is 0. The van der Waals surface area contributed by atoms with Crippen LogP contribution in [-0.4, -0.2) is 55.2 Å². The number of anilines is 1. The zero-order valence-corrected chi connectivity index (χ0v) is 18.6. The lowest BCUT2D eigenvalue weighted by Gasteiger charge is -2.36. The molecule has 0 bridgehead atoms. The molecule has 2 fully saturated rings. The quantitative estimate of drug-likeness (QED) is 0.665. The molecule has 1 aromatic rings. The molecular weight excluding hydrogens is 380 g/mol. The zero-order chi connectivity index (χ0) is 21.5. The lowest BCUT2D eigenvalue weighted by atomic mass is 9.93. The summed E-state index contributed by atoms with van der Waals surface area (Å²) in [5.41, 5.74) is 1.15. The van der Waals surface area contributed by atoms with Crippen molar-refractivity contribution < 1.29 is 14.3 Å². The molecule has 166 valence electrons. The summed E-state index contributed by atoms with van der Waals surface area (Å²) in [7, 11) is 1.38. The number of methoxy groups -OCH3 is 1. The molecule has 3 rings (SSSR count). The van der Waals surface area contributed by atoms with Crippen LogP contribution in [0.3, 0.4) is 0 Å². The third kappa shape index (κ3) is 6.17. The Morgan fingerprint density at radius 1 is 1.13 bits per heavy atom. The van der Waals surface area contributed by atoms with Crippen LogP contribution in [0.4, 0.5) is 5.82 Å². The second-order valence-corrected chi connectivity index (χ2v) is 8.87. The highest BCUT2D eigenvalue weighted by molar-refractivity contribution is 5.95. The molecule has 1 aliphatic carbocycles. The van der Waals surface area contributed by atoms with Gasteiger partial charge in [0.25, 0.3) is 0 Å². The average molecular weight is 417 g/mol. The Morgan fingerprint density at radius 2 is 1.80 bits per heavy atom. The van der Waals surface area contributed by atoms with Crippen molar-refractivity contribution in [1.82, 2.24) is 15.6 Å². The number of aromatic nitrogens is 1. The van der Waals surface area contributed by atoms with Crippen LogP contribution in [0, 0.1) is 0 Å². The Labute approximate surface area is 180 Å². The van der Waals surface area contributed by atoms with Gasteiger partial charge in [0.15, 0.2) is 0 Å². The largest absolute Gasteiger partial charge is 0.465 e. The summed E-state index contributed by atoms with van der Waals surface area (Å²) in [5.74, 6) is 0.169. The van der Waals surface area contributed by atoms with Gasteiger partial charge in [-0.3, -0.25) is 4.79 Å². The Balaban J connectivity index is 1.64. The van der Waals surface area contributed by atoms with Crippen LogP contribution in [0.5, 0.6) is 0 Å². The molecular formula is C23H36N4O3. The van der Waals surface area contributed by atoms with Crippen LogP contribution < -0.4 is 15.5 Å². The van der Waals surface area contributed by atoms with E-state index in [9.17, 15) is 9.59 Å². The summed E-state index contributed by atoms with van der Waals surface area (Å²) in [5, 5.41) is 6.71. The molecule has 1 aliphatic heterocycles. The predicted octanol–water partition coefficient (Wildman–Crippen LogP) is 2.83. The second-order valence-electron chi connectivity index (χ2n) is 8.87. The van der Waals surface area contributed by atoms with Gasteiger partial charge in [0.1, 0.15) is 11.4 Å². The third-order valence-corrected chi connectivity index (χ3v) is 6.01. The minimum atomic E-state index is -0.411. The molecule has 0 spiro atoms. The molecule has 7 nitrogen and oxygen atoms in total. The molecule has 0 radical (unpaired) electrons. The van der Waals surface area contributed by atoms with Crippen molar-refractivity contribution in [3.8, 4) is 0 Å². The first-order valence-electron chi connectivity index (χ1n) is 11.3. The number of nitrogens with zero attached hydrogens (tertiary/aromatic N) is 2. The van der Waals surface area contributed by atoms with Crippen molar-refractivity contribution in [2.75, 3.05) is 25.1 Å². The maximum absolute atomic E-state index is 12.4. The SMILES string of the molecule is COC(=O)c1cc(CC(=O)NC(C)C)cnc1N1CCC(NC2CCCCC2)CC1. The van der Waals surface area contributed by atoms with Gasteiger partial charge in [-0.2, -0.15) is 0 Å². The normalized spacial score (nSPS) is 18.5. The molecule has 2 N–H and O–H groups in total. The maximum atomic E-state index is 12.4. The smallest absolute Gasteiger partial charge is 0.341 e. The number of hydrogen-bond acceptors (Lipinski definition) is 6. The van der Waals surface area contributed by atoms with Gasteiger partial charge in [0.05, 0.1) is 13.5 Å². The van der Waals surface area contributed by atoms with E-state index in [-0.39, 0.29) is 18.4 Å². The number of amides is 1. The van der Waals surface area contributed by atoms with Gasteiger partial charge in [-0.05, 0) is 51.2 Å². The predicted molar refractivity (Wildman–Crippen MR) is 118 cm³/mol. The molecule has 30 heavy (non-hydrogen) atoms. The minimum absolute atomic E-state index is 0.0772. The first-order valence-corrected chi connectivity index (χ1v) is 11.3. The van der Waals surface area contributed by atoms with Crippen molar-refractivity contribution in [3.63, 3.8) is 0 Å². The Kier molecular flexibility index (Phi) is 8.08. The Morgan fingerprint density at radius 3 is 2.43 bits per heavy atom. The Hall–Kier alpha value is -2.15. The topological polar surface area (TPSA) is 83.6 Å². The van der Waals surface area contributed by atoms with E-state index in [1.54, 1.807) is 12.3 Å². The van der Waals surface area contributed by atoms with Gasteiger partial charge in [-0.15, -0.1) is 0 Å². The van der Waals surface area contributed by atoms with Crippen LogP contribution in [0.1, 0.15) is 74.7 Å². The highest BCUT2D eigenvalue weighted by atomic mass is 16.5. The average Bonchev–Trinajstić information content (AvgIpc) is 2.74. The van der Waals surface area contributed by atoms with E-state index >= 15 is 0 Å². The van der Waals surface area contributed by atoms with E-state index in [1.165, 1.54) is 39.2 Å². The van der Waals surface area contributed by atoms with Crippen LogP contribution >= 0.6 is 0 Å². The van der Waals surface area contributed by atoms with Crippen LogP contribution in [0.15, 0.2) is 12.3 Å². The second kappa shape index (κ2) is 10.8. The fourth-order valence-corrected chi connectivity index (χ4v) is 4.53. The fourth-order valence-electron chi connectivity index (χ4n) is 4.53. The van der Waals surface area contributed by atoms with E-state index < -0.39 is 5.97 Å². The summed E-state index contributed by atoms with van der Waals surface area (Å²) in [6.45, 7) is 5.56. The number of carbonyl (C=O) groups is 2. The van der Waals surface area contributed by atoms with Crippen LogP contribution in [0.25, 0.3) is 0 Å². The standard InChI is InChI=1S/C23H36N4O3/c1-16(2)25-21(28)14-17-13-20(23(29)30-3)22(24-15-17)27-11-9-19(10-12-27)26-18-7-5-4-6-8-18/h13,15-16,18-19,26H,4-12,14H2,1-3H3,(H,25,28). The molecule has 1 amide bonds. The molecule has 2 heterocycles. The number of rotatable bonds is 7. The lowest BCUT2D eigenvalue weighted by Crippen LogP contribution is -2.47. The van der Waals surface area contributed by atoms with Crippen LogP contribution in [0.2, 0.25) is 0 Å². The molecule has 0 atom stereocenters. The lowest BCUT2D eigenvalue weighted by molar-refractivity contribution is -0.120. The number of hydrogen-bond donors (Lipinski definition) is 2. The first-order chi connectivity index (χ1) is 14.5. The van der Waals surface area contributed by atoms with Crippen molar-refractivity contribution in [3.05, 3.63) is 23.4 Å². The van der Waals surface area contributed by atoms with Gasteiger partial charge in [0, 0.05) is 37.4 Å². The highest BCUT2D eigenvalue weighted by Gasteiger charge is 2.26. The van der Waals surface area contributed by atoms with Crippen LogP contribution in [-0.2, 0) is 16.0 Å². The third-order valence-electron chi connectivity index (χ3n) is 6.01. The van der Waals surface area contributed by atoms with E-state index in [0.717, 1.165) is 25.9 Å². The van der Waals surface area contributed by atoms with Crippen molar-refractivity contribution >= 4 is 17.7 Å². The van der Waals surface area contributed by atoms with E-state index in [4.69, 9.17) is 4.74 Å². The van der Waals surface area contributed by atoms with E-state index in [2.05, 4.69) is 20.5 Å². The maximum Gasteiger partial charge on any atom is 0.341 e. The number of carbonyl (C=O) groups excluding carboxylic acids is 2. The van der Waals surface area contributed by atoms with Crippen molar-refractivity contribution in [2.45, 2.75) is 83.3 Å². The number of ether oxygens (including phenoxy) is 1. The van der Waals surface area contributed by atoms with Gasteiger partial charge >= 0.3 is 5.97 Å². The van der Waals surface area contributed by atoms with Gasteiger partial charge in [-0.1, -0.05) is 19.3 Å². The van der Waals surface area contributed by atoms with Crippen molar-refractivity contribution in [1.29, 1.82) is 0 Å². The molecule has 0 unspecified atom stereocenters.